The van der Waals surface area contributed by atoms with Crippen molar-refractivity contribution in [3.8, 4) is 0 Å². The Bertz CT molecular complexity index is 53.1. The topological polar surface area (TPSA) is 690 Å². The first kappa shape index (κ1) is 2300. The summed E-state index contributed by atoms with van der Waals surface area (Å²) >= 11 is 0. The molecule has 0 atom stereocenters. The zero-order chi connectivity index (χ0) is 0. The molecule has 228 valence electrons. The fraction of sp³-hybridized carbons (Fsp3) is 0. The molecule has 0 saturated heterocycles. The Morgan fingerprint density at radius 1 is 0.108 bits per heavy atom. The summed E-state index contributed by atoms with van der Waals surface area (Å²) < 4.78 is 0. The van der Waals surface area contributed by atoms with Crippen LogP contribution in [0, 0.1) is 0 Å². The Kier molecular flexibility index (Phi) is 133000. The molecular formula is H23Al8Cl5O23Zr-4. The number of halogens is 5. The van der Waals surface area contributed by atoms with Gasteiger partial charge in [0, 0.05) is 26.2 Å². The molecule has 0 radical (unpaired) electrons. The van der Waals surface area contributed by atoms with E-state index >= 15 is 0 Å². The molecule has 0 aliphatic heterocycles. The van der Waals surface area contributed by atoms with Gasteiger partial charge in [-0.15, -0.1) is 0 Å². The molecule has 0 heterocycles. The minimum absolute atomic E-state index is 0. The van der Waals surface area contributed by atoms with E-state index in [9.17, 15) is 0 Å². The normalized spacial score (nSPS) is 0. The van der Waals surface area contributed by atoms with Crippen LogP contribution in [0.4, 0.5) is 0 Å². The van der Waals surface area contributed by atoms with Crippen molar-refractivity contribution in [2.24, 2.45) is 0 Å². The third-order valence-electron chi connectivity index (χ3n) is 0. The Morgan fingerprint density at radius 3 is 0.108 bits per heavy atom. The molecule has 23 N–H and O–H groups in total. The van der Waals surface area contributed by atoms with Crippen LogP contribution in [0.1, 0.15) is 0 Å². The molecule has 0 aromatic carbocycles. The molecule has 0 saturated carbocycles. The molecule has 0 spiro atoms. The van der Waals surface area contributed by atoms with E-state index in [4.69, 9.17) is 0 Å². The van der Waals surface area contributed by atoms with Gasteiger partial charge in [-0.05, 0) is 0 Å². The number of hydrogen-bond donors (Lipinski definition) is 0. The summed E-state index contributed by atoms with van der Waals surface area (Å²) in [6.07, 6.45) is 0. The second-order valence-electron chi connectivity index (χ2n) is 0. The first-order valence-corrected chi connectivity index (χ1v) is 0. The molecule has 23 nitrogen and oxygen atoms in total. The zero-order valence-corrected chi connectivity index (χ0v) is 32.8. The maximum Gasteiger partial charge on any atom is 3.00 e. The summed E-state index contributed by atoms with van der Waals surface area (Å²) in [4.78, 5) is 0. The standard InChI is InChI=1S/8Al.5ClH.23H2O.Zr/h;;;;;;;;5*1H;23*1H2;/q8*+3;;;;;;;;;;;;;;;;;;;;;;;;;;;;;/p-28. The summed E-state index contributed by atoms with van der Waals surface area (Å²) in [7, 11) is 0. The van der Waals surface area contributed by atoms with E-state index in [0.717, 1.165) is 0 Å². The Balaban J connectivity index is 0. The van der Waals surface area contributed by atoms with Gasteiger partial charge >= 0.3 is 139 Å². The Labute approximate surface area is 348 Å². The van der Waals surface area contributed by atoms with Crippen LogP contribution >= 0.6 is 0 Å². The third-order valence-corrected chi connectivity index (χ3v) is 0. The van der Waals surface area contributed by atoms with Gasteiger partial charge in [-0.3, -0.25) is 0 Å². The van der Waals surface area contributed by atoms with Gasteiger partial charge in [-0.25, -0.2) is 0 Å². The van der Waals surface area contributed by atoms with Gasteiger partial charge in [0.1, 0.15) is 0 Å². The molecule has 37 heavy (non-hydrogen) atoms. The molecule has 0 unspecified atom stereocenters. The summed E-state index contributed by atoms with van der Waals surface area (Å²) in [5.74, 6) is 0. The van der Waals surface area contributed by atoms with Crippen LogP contribution in [-0.4, -0.2) is 265 Å². The van der Waals surface area contributed by atoms with Gasteiger partial charge in [-0.2, -0.15) is 0 Å². The summed E-state index contributed by atoms with van der Waals surface area (Å²) in [6, 6.07) is 0. The van der Waals surface area contributed by atoms with E-state index in [1.807, 2.05) is 0 Å². The number of rotatable bonds is 0. The minimum Gasteiger partial charge on any atom is -1.00 e. The minimum atomic E-state index is 0. The zero-order valence-electron chi connectivity index (χ0n) is 17.3. The van der Waals surface area contributed by atoms with Crippen molar-refractivity contribution in [1.82, 2.24) is 0 Å². The van der Waals surface area contributed by atoms with E-state index in [0.29, 0.717) is 0 Å². The molecule has 0 aromatic rings. The van der Waals surface area contributed by atoms with Gasteiger partial charge in [0.25, 0.3) is 0 Å². The van der Waals surface area contributed by atoms with Gasteiger partial charge < -0.3 is 188 Å². The fourth-order valence-corrected chi connectivity index (χ4v) is 0. The molecule has 0 fully saturated rings. The van der Waals surface area contributed by atoms with Gasteiger partial charge in [-0.1, -0.05) is 0 Å². The molecule has 0 bridgehead atoms. The molecule has 0 aromatic heterocycles. The Morgan fingerprint density at radius 2 is 0.108 bits per heavy atom. The first-order chi connectivity index (χ1) is 0. The predicted octanol–water partition coefficient (Wildman–Crippen LogP) is -22.1. The Hall–Kier alpha value is 5.67. The number of hydrogen-bond acceptors (Lipinski definition) is 23. The average Bonchev–Trinajstić information content (AvgIpc) is 0. The van der Waals surface area contributed by atoms with Crippen molar-refractivity contribution >= 4 is 139 Å². The summed E-state index contributed by atoms with van der Waals surface area (Å²) in [5, 5.41) is 0. The van der Waals surface area contributed by atoms with Crippen molar-refractivity contribution in [2.45, 2.75) is 0 Å². The maximum absolute atomic E-state index is 0. The van der Waals surface area contributed by atoms with E-state index < -0.39 is 0 Å². The van der Waals surface area contributed by atoms with Crippen LogP contribution in [0.25, 0.3) is 0 Å². The summed E-state index contributed by atoms with van der Waals surface area (Å²) in [5.41, 5.74) is 0. The quantitative estimate of drug-likeness (QED) is 0.204. The maximum atomic E-state index is 0. The van der Waals surface area contributed by atoms with Crippen molar-refractivity contribution < 1.29 is 214 Å². The van der Waals surface area contributed by atoms with Crippen LogP contribution in [-0.2, 0) is 26.2 Å². The van der Waals surface area contributed by atoms with Crippen LogP contribution in [0.5, 0.6) is 0 Å². The van der Waals surface area contributed by atoms with Crippen molar-refractivity contribution in [2.75, 3.05) is 0 Å². The van der Waals surface area contributed by atoms with E-state index in [2.05, 4.69) is 0 Å². The monoisotopic (exact) mass is 872 g/mol. The first-order valence-electron chi connectivity index (χ1n) is 0. The third kappa shape index (κ3) is 2040. The van der Waals surface area contributed by atoms with Crippen LogP contribution in [0.3, 0.4) is 0 Å². The van der Waals surface area contributed by atoms with Crippen LogP contribution < -0.4 is 62.0 Å². The predicted molar refractivity (Wildman–Crippen MR) is 90.6 cm³/mol. The fourth-order valence-electron chi connectivity index (χ4n) is 0. The molecule has 37 heteroatoms. The van der Waals surface area contributed by atoms with Gasteiger partial charge in [0.2, 0.25) is 0 Å². The van der Waals surface area contributed by atoms with Crippen molar-refractivity contribution in [3.63, 3.8) is 0 Å². The second kappa shape index (κ2) is 2140. The van der Waals surface area contributed by atoms with Crippen LogP contribution in [0.15, 0.2) is 0 Å². The average molecular weight is 876 g/mol. The van der Waals surface area contributed by atoms with E-state index in [-0.39, 0.29) is 353 Å². The van der Waals surface area contributed by atoms with Crippen molar-refractivity contribution in [3.05, 3.63) is 0 Å². The van der Waals surface area contributed by atoms with Gasteiger partial charge in [0.05, 0.1) is 0 Å². The van der Waals surface area contributed by atoms with Crippen LogP contribution in [0.2, 0.25) is 0 Å². The molecule has 0 amide bonds. The molecule has 0 aliphatic carbocycles. The summed E-state index contributed by atoms with van der Waals surface area (Å²) in [6.45, 7) is 0. The van der Waals surface area contributed by atoms with E-state index in [1.54, 1.807) is 0 Å². The van der Waals surface area contributed by atoms with E-state index in [1.165, 1.54) is 0 Å². The molecule has 0 rings (SSSR count). The largest absolute Gasteiger partial charge is 3.00 e. The molecular weight excluding hydrogens is 852 g/mol. The smallest absolute Gasteiger partial charge is 1.00 e. The molecule has 0 aliphatic rings. The second-order valence-corrected chi connectivity index (χ2v) is 0. The SMILES string of the molecule is [Al+3].[Al+3].[Al+3].[Al+3].[Al+3].[Al+3].[Al+3].[Al+3].[Cl-].[Cl-].[Cl-].[Cl-].[Cl-].[OH-].[OH-].[OH-].[OH-].[OH-].[OH-].[OH-].[OH-].[OH-].[OH-].[OH-].[OH-].[OH-].[OH-].[OH-].[OH-].[OH-].[OH-].[OH-].[OH-].[OH-].[OH-].[OH-].[Zr]. The van der Waals surface area contributed by atoms with Crippen molar-refractivity contribution in [1.29, 1.82) is 0 Å². The van der Waals surface area contributed by atoms with Gasteiger partial charge in [0.15, 0.2) is 0 Å².